The van der Waals surface area contributed by atoms with E-state index in [2.05, 4.69) is 5.32 Å². The van der Waals surface area contributed by atoms with Crippen molar-refractivity contribution in [2.24, 2.45) is 5.92 Å². The third kappa shape index (κ3) is 5.02. The number of hydrogen-bond acceptors (Lipinski definition) is 4. The summed E-state index contributed by atoms with van der Waals surface area (Å²) in [7, 11) is -3.53. The fourth-order valence-electron chi connectivity index (χ4n) is 2.58. The fourth-order valence-corrected chi connectivity index (χ4v) is 3.61. The normalized spacial score (nSPS) is 16.2. The Balaban J connectivity index is 1.78. The fraction of sp³-hybridized carbons (Fsp3) is 0.562. The molecule has 1 aliphatic carbocycles. The van der Waals surface area contributed by atoms with Crippen molar-refractivity contribution >= 4 is 15.9 Å². The van der Waals surface area contributed by atoms with Gasteiger partial charge in [-0.1, -0.05) is 37.0 Å². The SMILES string of the molecule is Cc1ccc(S(=O)(=O)CNC(=O)OCC2CCCCC2)cc1. The number of hydrogen-bond donors (Lipinski definition) is 1. The molecule has 1 aromatic carbocycles. The summed E-state index contributed by atoms with van der Waals surface area (Å²) >= 11 is 0. The highest BCUT2D eigenvalue weighted by Gasteiger charge is 2.18. The Morgan fingerprint density at radius 1 is 1.18 bits per heavy atom. The lowest BCUT2D eigenvalue weighted by molar-refractivity contribution is 0.117. The molecule has 0 unspecified atom stereocenters. The van der Waals surface area contributed by atoms with E-state index in [4.69, 9.17) is 4.74 Å². The number of sulfone groups is 1. The molecule has 1 aliphatic rings. The molecule has 6 heteroatoms. The molecule has 0 atom stereocenters. The minimum atomic E-state index is -3.53. The lowest BCUT2D eigenvalue weighted by Crippen LogP contribution is -2.31. The molecule has 5 nitrogen and oxygen atoms in total. The number of carbonyl (C=O) groups is 1. The van der Waals surface area contributed by atoms with Crippen LogP contribution in [-0.2, 0) is 14.6 Å². The maximum absolute atomic E-state index is 12.1. The zero-order valence-corrected chi connectivity index (χ0v) is 13.7. The van der Waals surface area contributed by atoms with Crippen LogP contribution in [0.15, 0.2) is 29.2 Å². The van der Waals surface area contributed by atoms with Crippen molar-refractivity contribution in [1.82, 2.24) is 5.32 Å². The Hall–Kier alpha value is -1.56. The number of aryl methyl sites for hydroxylation is 1. The van der Waals surface area contributed by atoms with Crippen LogP contribution in [0.25, 0.3) is 0 Å². The van der Waals surface area contributed by atoms with Crippen LogP contribution in [0.2, 0.25) is 0 Å². The van der Waals surface area contributed by atoms with Gasteiger partial charge in [-0.15, -0.1) is 0 Å². The number of ether oxygens (including phenoxy) is 1. The standard InChI is InChI=1S/C16H23NO4S/c1-13-7-9-15(10-8-13)22(19,20)12-17-16(18)21-11-14-5-3-2-4-6-14/h7-10,14H,2-6,11-12H2,1H3,(H,17,18). The van der Waals surface area contributed by atoms with E-state index < -0.39 is 21.8 Å². The first-order valence-corrected chi connectivity index (χ1v) is 9.32. The van der Waals surface area contributed by atoms with E-state index in [1.807, 2.05) is 6.92 Å². The van der Waals surface area contributed by atoms with Crippen molar-refractivity contribution in [3.05, 3.63) is 29.8 Å². The van der Waals surface area contributed by atoms with Gasteiger partial charge in [0.2, 0.25) is 0 Å². The van der Waals surface area contributed by atoms with Gasteiger partial charge in [0.25, 0.3) is 0 Å². The second-order valence-electron chi connectivity index (χ2n) is 5.85. The van der Waals surface area contributed by atoms with Crippen molar-refractivity contribution < 1.29 is 17.9 Å². The lowest BCUT2D eigenvalue weighted by Gasteiger charge is -2.21. The zero-order valence-electron chi connectivity index (χ0n) is 12.9. The molecule has 0 radical (unpaired) electrons. The molecule has 122 valence electrons. The van der Waals surface area contributed by atoms with Crippen LogP contribution in [0.1, 0.15) is 37.7 Å². The van der Waals surface area contributed by atoms with E-state index in [1.54, 1.807) is 24.3 Å². The summed E-state index contributed by atoms with van der Waals surface area (Å²) in [6.45, 7) is 2.26. The van der Waals surface area contributed by atoms with Crippen LogP contribution < -0.4 is 5.32 Å². The summed E-state index contributed by atoms with van der Waals surface area (Å²) in [5, 5.41) is 2.33. The van der Waals surface area contributed by atoms with Crippen molar-refractivity contribution in [3.8, 4) is 0 Å². The lowest BCUT2D eigenvalue weighted by atomic mass is 9.90. The molecule has 22 heavy (non-hydrogen) atoms. The molecule has 1 saturated carbocycles. The van der Waals surface area contributed by atoms with Crippen LogP contribution in [0.5, 0.6) is 0 Å². The molecule has 1 amide bonds. The second-order valence-corrected chi connectivity index (χ2v) is 7.84. The average molecular weight is 325 g/mol. The highest BCUT2D eigenvalue weighted by atomic mass is 32.2. The number of amides is 1. The van der Waals surface area contributed by atoms with Gasteiger partial charge in [-0.3, -0.25) is 0 Å². The van der Waals surface area contributed by atoms with Gasteiger partial charge in [0.15, 0.2) is 9.84 Å². The van der Waals surface area contributed by atoms with Gasteiger partial charge in [0.1, 0.15) is 5.88 Å². The molecule has 0 aromatic heterocycles. The van der Waals surface area contributed by atoms with Gasteiger partial charge < -0.3 is 10.1 Å². The molecule has 0 spiro atoms. The number of alkyl carbamates (subject to hydrolysis) is 1. The summed E-state index contributed by atoms with van der Waals surface area (Å²) in [5.41, 5.74) is 0.985. The molecule has 1 N–H and O–H groups in total. The largest absolute Gasteiger partial charge is 0.449 e. The first-order chi connectivity index (χ1) is 10.5. The minimum absolute atomic E-state index is 0.200. The Morgan fingerprint density at radius 3 is 2.45 bits per heavy atom. The van der Waals surface area contributed by atoms with Crippen LogP contribution in [0.3, 0.4) is 0 Å². The second kappa shape index (κ2) is 7.63. The molecular weight excluding hydrogens is 302 g/mol. The smallest absolute Gasteiger partial charge is 0.407 e. The van der Waals surface area contributed by atoms with Crippen LogP contribution >= 0.6 is 0 Å². The van der Waals surface area contributed by atoms with Gasteiger partial charge in [0, 0.05) is 0 Å². The number of rotatable bonds is 5. The number of nitrogens with one attached hydrogen (secondary N) is 1. The van der Waals surface area contributed by atoms with E-state index in [1.165, 1.54) is 19.3 Å². The average Bonchev–Trinajstić information content (AvgIpc) is 2.52. The van der Waals surface area contributed by atoms with Crippen LogP contribution in [0, 0.1) is 12.8 Å². The first-order valence-electron chi connectivity index (χ1n) is 7.67. The third-order valence-corrected chi connectivity index (χ3v) is 5.48. The van der Waals surface area contributed by atoms with Crippen LogP contribution in [0.4, 0.5) is 4.79 Å². The minimum Gasteiger partial charge on any atom is -0.449 e. The van der Waals surface area contributed by atoms with Crippen molar-refractivity contribution in [1.29, 1.82) is 0 Å². The maximum atomic E-state index is 12.1. The molecule has 0 bridgehead atoms. The summed E-state index contributed by atoms with van der Waals surface area (Å²) in [4.78, 5) is 11.8. The molecule has 1 aromatic rings. The molecule has 2 rings (SSSR count). The van der Waals surface area contributed by atoms with Crippen LogP contribution in [-0.4, -0.2) is 27.0 Å². The van der Waals surface area contributed by atoms with E-state index in [9.17, 15) is 13.2 Å². The van der Waals surface area contributed by atoms with Crippen molar-refractivity contribution in [3.63, 3.8) is 0 Å². The Kier molecular flexibility index (Phi) is 5.83. The zero-order chi connectivity index (χ0) is 16.0. The van der Waals surface area contributed by atoms with Gasteiger partial charge in [-0.2, -0.15) is 0 Å². The molecular formula is C16H23NO4S. The molecule has 1 fully saturated rings. The third-order valence-electron chi connectivity index (χ3n) is 3.96. The van der Waals surface area contributed by atoms with Crippen molar-refractivity contribution in [2.45, 2.75) is 43.9 Å². The summed E-state index contributed by atoms with van der Waals surface area (Å²) in [5.74, 6) is -0.0345. The summed E-state index contributed by atoms with van der Waals surface area (Å²) in [6.07, 6.45) is 5.09. The highest BCUT2D eigenvalue weighted by Crippen LogP contribution is 2.23. The Labute approximate surface area is 132 Å². The first kappa shape index (κ1) is 16.8. The molecule has 0 saturated heterocycles. The quantitative estimate of drug-likeness (QED) is 0.903. The topological polar surface area (TPSA) is 72.5 Å². The monoisotopic (exact) mass is 325 g/mol. The van der Waals surface area contributed by atoms with Gasteiger partial charge in [-0.05, 0) is 37.8 Å². The van der Waals surface area contributed by atoms with Gasteiger partial charge >= 0.3 is 6.09 Å². The predicted octanol–water partition coefficient (Wildman–Crippen LogP) is 3.03. The van der Waals surface area contributed by atoms with E-state index >= 15 is 0 Å². The molecule has 0 aliphatic heterocycles. The highest BCUT2D eigenvalue weighted by molar-refractivity contribution is 7.91. The summed E-state index contributed by atoms with van der Waals surface area (Å²) in [6, 6.07) is 6.54. The Bertz CT molecular complexity index is 589. The van der Waals surface area contributed by atoms with Gasteiger partial charge in [0.05, 0.1) is 11.5 Å². The Morgan fingerprint density at radius 2 is 1.82 bits per heavy atom. The predicted molar refractivity (Wildman–Crippen MR) is 84.3 cm³/mol. The number of carbonyl (C=O) groups excluding carboxylic acids is 1. The van der Waals surface area contributed by atoms with E-state index in [-0.39, 0.29) is 4.90 Å². The number of benzene rings is 1. The summed E-state index contributed by atoms with van der Waals surface area (Å²) < 4.78 is 29.3. The van der Waals surface area contributed by atoms with Crippen molar-refractivity contribution in [2.75, 3.05) is 12.5 Å². The van der Waals surface area contributed by atoms with E-state index in [0.29, 0.717) is 12.5 Å². The van der Waals surface area contributed by atoms with E-state index in [0.717, 1.165) is 18.4 Å². The molecule has 0 heterocycles. The maximum Gasteiger partial charge on any atom is 0.407 e. The van der Waals surface area contributed by atoms with Gasteiger partial charge in [-0.25, -0.2) is 13.2 Å².